The predicted molar refractivity (Wildman–Crippen MR) is 122 cm³/mol. The van der Waals surface area contributed by atoms with Crippen LogP contribution in [0.15, 0.2) is 0 Å². The molecule has 5 rings (SSSR count). The van der Waals surface area contributed by atoms with Crippen LogP contribution in [0.5, 0.6) is 0 Å². The number of rotatable bonds is 6. The summed E-state index contributed by atoms with van der Waals surface area (Å²) in [6, 6.07) is 0. The summed E-state index contributed by atoms with van der Waals surface area (Å²) in [5.74, 6) is 0.678. The first-order valence-corrected chi connectivity index (χ1v) is 13.2. The van der Waals surface area contributed by atoms with Crippen molar-refractivity contribution >= 4 is 44.8 Å². The maximum absolute atomic E-state index is 12.4. The molecule has 3 heterocycles. The summed E-state index contributed by atoms with van der Waals surface area (Å²) < 4.78 is 5.29. The van der Waals surface area contributed by atoms with Crippen molar-refractivity contribution in [3.8, 4) is 0 Å². The van der Waals surface area contributed by atoms with Gasteiger partial charge in [-0.2, -0.15) is 0 Å². The standard InChI is InChI=1S/C21H28N6O3S2/c28-16(12-4-1-2-5-12)22-20-26-24-18(31-20)13-6-3-7-14(10-13)19-25-27-21(32-19)23-17(29)15-8-9-30-11-15/h12-15H,1-11H2,(H,22,26,28)(H,23,27,29)/t13-,14-,15?/m1/s1. The van der Waals surface area contributed by atoms with Gasteiger partial charge in [-0.3, -0.25) is 9.59 Å². The molecule has 3 fully saturated rings. The zero-order valence-electron chi connectivity index (χ0n) is 17.9. The summed E-state index contributed by atoms with van der Waals surface area (Å²) >= 11 is 2.96. The van der Waals surface area contributed by atoms with Crippen LogP contribution in [0.25, 0.3) is 0 Å². The summed E-state index contributed by atoms with van der Waals surface area (Å²) in [5, 5.41) is 26.2. The number of amides is 2. The molecule has 2 saturated carbocycles. The minimum absolute atomic E-state index is 0.0345. The minimum Gasteiger partial charge on any atom is -0.381 e. The Bertz CT molecular complexity index is 877. The fourth-order valence-electron chi connectivity index (χ4n) is 4.88. The Hall–Kier alpha value is -1.98. The van der Waals surface area contributed by atoms with Crippen molar-refractivity contribution in [2.45, 2.75) is 69.6 Å². The van der Waals surface area contributed by atoms with E-state index in [1.807, 2.05) is 0 Å². The number of ether oxygens (including phenoxy) is 1. The van der Waals surface area contributed by atoms with E-state index in [2.05, 4.69) is 31.0 Å². The van der Waals surface area contributed by atoms with Gasteiger partial charge in [-0.15, -0.1) is 20.4 Å². The topological polar surface area (TPSA) is 119 Å². The third kappa shape index (κ3) is 4.99. The molecule has 0 radical (unpaired) electrons. The number of carbonyl (C=O) groups excluding carboxylic acids is 2. The number of hydrogen-bond donors (Lipinski definition) is 2. The summed E-state index contributed by atoms with van der Waals surface area (Å²) in [6.07, 6.45) is 9.10. The highest BCUT2D eigenvalue weighted by Crippen LogP contribution is 2.43. The van der Waals surface area contributed by atoms with Crippen LogP contribution >= 0.6 is 22.7 Å². The molecule has 2 N–H and O–H groups in total. The first-order chi connectivity index (χ1) is 15.7. The van der Waals surface area contributed by atoms with Crippen LogP contribution < -0.4 is 10.6 Å². The molecule has 2 aromatic heterocycles. The Labute approximate surface area is 194 Å². The highest BCUT2D eigenvalue weighted by molar-refractivity contribution is 7.15. The molecule has 11 heteroatoms. The molecule has 1 unspecified atom stereocenters. The van der Waals surface area contributed by atoms with Crippen LogP contribution in [-0.2, 0) is 14.3 Å². The summed E-state index contributed by atoms with van der Waals surface area (Å²) in [4.78, 5) is 24.7. The van der Waals surface area contributed by atoms with E-state index < -0.39 is 0 Å². The fraction of sp³-hybridized carbons (Fsp3) is 0.714. The molecule has 3 aliphatic rings. The number of nitrogens with zero attached hydrogens (tertiary/aromatic N) is 4. The predicted octanol–water partition coefficient (Wildman–Crippen LogP) is 3.93. The normalized spacial score (nSPS) is 26.3. The number of aromatic nitrogens is 4. The Morgan fingerprint density at radius 1 is 0.750 bits per heavy atom. The van der Waals surface area contributed by atoms with Crippen LogP contribution in [0, 0.1) is 11.8 Å². The van der Waals surface area contributed by atoms with E-state index in [1.54, 1.807) is 0 Å². The van der Waals surface area contributed by atoms with Gasteiger partial charge in [0.2, 0.25) is 22.1 Å². The third-order valence-electron chi connectivity index (χ3n) is 6.74. The number of anilines is 2. The molecule has 1 aliphatic heterocycles. The highest BCUT2D eigenvalue weighted by Gasteiger charge is 2.31. The third-order valence-corrected chi connectivity index (χ3v) is 8.74. The lowest BCUT2D eigenvalue weighted by atomic mass is 9.82. The van der Waals surface area contributed by atoms with Crippen LogP contribution in [-0.4, -0.2) is 45.4 Å². The summed E-state index contributed by atoms with van der Waals surface area (Å²) in [5.41, 5.74) is 0. The van der Waals surface area contributed by atoms with Crippen LogP contribution in [0.3, 0.4) is 0 Å². The van der Waals surface area contributed by atoms with E-state index in [9.17, 15) is 9.59 Å². The van der Waals surface area contributed by atoms with Gasteiger partial charge in [-0.25, -0.2) is 0 Å². The molecule has 0 bridgehead atoms. The summed E-state index contributed by atoms with van der Waals surface area (Å²) in [6.45, 7) is 1.12. The fourth-order valence-corrected chi connectivity index (χ4v) is 6.67. The zero-order chi connectivity index (χ0) is 21.9. The zero-order valence-corrected chi connectivity index (χ0v) is 19.6. The largest absolute Gasteiger partial charge is 0.381 e. The number of carbonyl (C=O) groups is 2. The molecule has 1 saturated heterocycles. The highest BCUT2D eigenvalue weighted by atomic mass is 32.1. The van der Waals surface area contributed by atoms with Crippen molar-refractivity contribution in [3.63, 3.8) is 0 Å². The van der Waals surface area contributed by atoms with Gasteiger partial charge in [0.05, 0.1) is 12.5 Å². The van der Waals surface area contributed by atoms with Crippen molar-refractivity contribution in [1.29, 1.82) is 0 Å². The first kappa shape index (κ1) is 21.8. The molecule has 0 aromatic carbocycles. The monoisotopic (exact) mass is 476 g/mol. The molecule has 32 heavy (non-hydrogen) atoms. The van der Waals surface area contributed by atoms with Crippen molar-refractivity contribution in [1.82, 2.24) is 20.4 Å². The van der Waals surface area contributed by atoms with Crippen LogP contribution in [0.2, 0.25) is 0 Å². The molecule has 2 amide bonds. The van der Waals surface area contributed by atoms with E-state index in [-0.39, 0.29) is 23.7 Å². The van der Waals surface area contributed by atoms with Gasteiger partial charge in [0.15, 0.2) is 0 Å². The van der Waals surface area contributed by atoms with E-state index >= 15 is 0 Å². The maximum Gasteiger partial charge on any atom is 0.231 e. The van der Waals surface area contributed by atoms with Gasteiger partial charge in [0, 0.05) is 24.4 Å². The van der Waals surface area contributed by atoms with Crippen LogP contribution in [0.4, 0.5) is 10.3 Å². The lowest BCUT2D eigenvalue weighted by Gasteiger charge is -2.25. The quantitative estimate of drug-likeness (QED) is 0.648. The van der Waals surface area contributed by atoms with Gasteiger partial charge in [-0.1, -0.05) is 41.9 Å². The van der Waals surface area contributed by atoms with E-state index in [0.29, 0.717) is 35.3 Å². The average molecular weight is 477 g/mol. The Morgan fingerprint density at radius 2 is 1.34 bits per heavy atom. The molecule has 0 spiro atoms. The van der Waals surface area contributed by atoms with E-state index in [0.717, 1.165) is 67.8 Å². The van der Waals surface area contributed by atoms with Crippen molar-refractivity contribution in [2.75, 3.05) is 23.8 Å². The van der Waals surface area contributed by atoms with Crippen molar-refractivity contribution < 1.29 is 14.3 Å². The summed E-state index contributed by atoms with van der Waals surface area (Å²) in [7, 11) is 0. The molecule has 9 nitrogen and oxygen atoms in total. The van der Waals surface area contributed by atoms with Crippen LogP contribution in [0.1, 0.15) is 79.6 Å². The van der Waals surface area contributed by atoms with Gasteiger partial charge in [-0.05, 0) is 38.5 Å². The molecule has 172 valence electrons. The second-order valence-corrected chi connectivity index (χ2v) is 11.0. The number of hydrogen-bond acceptors (Lipinski definition) is 9. The Morgan fingerprint density at radius 3 is 1.91 bits per heavy atom. The molecular weight excluding hydrogens is 448 g/mol. The smallest absolute Gasteiger partial charge is 0.231 e. The van der Waals surface area contributed by atoms with E-state index in [4.69, 9.17) is 4.74 Å². The molecule has 2 aliphatic carbocycles. The molecular formula is C21H28N6O3S2. The Kier molecular flexibility index (Phi) is 6.74. The van der Waals surface area contributed by atoms with Gasteiger partial charge in [0.25, 0.3) is 0 Å². The van der Waals surface area contributed by atoms with Gasteiger partial charge < -0.3 is 15.4 Å². The number of nitrogens with one attached hydrogen (secondary N) is 2. The van der Waals surface area contributed by atoms with Gasteiger partial charge >= 0.3 is 0 Å². The SMILES string of the molecule is O=C(Nc1nnc([C@@H]2CCC[C@@H](c3nnc(NC(=O)C4CCOC4)s3)C2)s1)C1CCCC1. The van der Waals surface area contributed by atoms with Crippen molar-refractivity contribution in [3.05, 3.63) is 10.0 Å². The lowest BCUT2D eigenvalue weighted by molar-refractivity contribution is -0.120. The molecule has 2 aromatic rings. The maximum atomic E-state index is 12.4. The lowest BCUT2D eigenvalue weighted by Crippen LogP contribution is -2.22. The first-order valence-electron chi connectivity index (χ1n) is 11.5. The Balaban J connectivity index is 1.18. The average Bonchev–Trinajstić information content (AvgIpc) is 3.61. The minimum atomic E-state index is -0.0952. The van der Waals surface area contributed by atoms with E-state index in [1.165, 1.54) is 22.7 Å². The second kappa shape index (κ2) is 9.88. The second-order valence-electron chi connectivity index (χ2n) is 8.97. The van der Waals surface area contributed by atoms with Gasteiger partial charge in [0.1, 0.15) is 10.0 Å². The molecule has 3 atom stereocenters. The van der Waals surface area contributed by atoms with Crippen molar-refractivity contribution in [2.24, 2.45) is 11.8 Å².